The molecule has 2 aromatic heterocycles. The van der Waals surface area contributed by atoms with Gasteiger partial charge in [0, 0.05) is 41.5 Å². The van der Waals surface area contributed by atoms with Crippen molar-refractivity contribution in [1.82, 2.24) is 25.2 Å². The Hall–Kier alpha value is -5.79. The highest BCUT2D eigenvalue weighted by atomic mass is 35.5. The zero-order valence-corrected chi connectivity index (χ0v) is 37.4. The fourth-order valence-corrected chi connectivity index (χ4v) is 9.85. The summed E-state index contributed by atoms with van der Waals surface area (Å²) < 4.78 is 45.2. The van der Waals surface area contributed by atoms with Crippen molar-refractivity contribution < 1.29 is 46.7 Å². The molecule has 330 valence electrons. The maximum atomic E-state index is 14.7. The number of carbonyl (C=O) groups is 4. The first kappa shape index (κ1) is 45.7. The van der Waals surface area contributed by atoms with Gasteiger partial charge in [0.15, 0.2) is 4.34 Å². The third-order valence-corrected chi connectivity index (χ3v) is 13.5. The monoisotopic (exact) mass is 910 g/mol. The number of nitro groups is 1. The van der Waals surface area contributed by atoms with E-state index >= 15 is 0 Å². The van der Waals surface area contributed by atoms with E-state index in [4.69, 9.17) is 30.8 Å². The van der Waals surface area contributed by atoms with Crippen LogP contribution in [0.1, 0.15) is 54.4 Å². The molecule has 5 atom stereocenters. The number of sulfonamides is 1. The molecule has 6 rings (SSSR count). The number of carbonyl (C=O) groups excluding carboxylic acids is 4. The average molecular weight is 911 g/mol. The first-order valence-electron chi connectivity index (χ1n) is 19.4. The Balaban J connectivity index is 1.35. The van der Waals surface area contributed by atoms with Crippen LogP contribution in [0.5, 0.6) is 11.5 Å². The molecule has 2 aromatic carbocycles. The van der Waals surface area contributed by atoms with Gasteiger partial charge in [0.05, 0.1) is 29.8 Å². The number of pyridine rings is 1. The minimum absolute atomic E-state index is 0.0465. The summed E-state index contributed by atoms with van der Waals surface area (Å²) in [5, 5.41) is 17.4. The molecule has 20 heteroatoms. The van der Waals surface area contributed by atoms with Gasteiger partial charge < -0.3 is 29.7 Å². The quantitative estimate of drug-likeness (QED) is 0.0754. The van der Waals surface area contributed by atoms with Crippen LogP contribution >= 0.6 is 22.9 Å². The standard InChI is InChI=1S/C42H47ClN6O11S2/c1-9-24-21-42(24,38(52)47-62(56,57)33-20-30(49(54)55)35(43)61-33)46-36(50)31-18-26(22-48(31)37(51)34(40(2,3)4)45-39(53)60-41(5,6)7)59-32-19-28(23-13-11-10-12-14-23)44-29-17-25(58-8)15-16-27(29)32/h9-17,19-20,24,26,31,34H,1,18,21-22H2,2-8H3,(H,45,53)(H,46,50)(H,47,52)/t24-,26-,31+,34-,42-/m1/s1. The van der Waals surface area contributed by atoms with Gasteiger partial charge >= 0.3 is 6.09 Å². The van der Waals surface area contributed by atoms with Gasteiger partial charge in [-0.1, -0.05) is 68.8 Å². The summed E-state index contributed by atoms with van der Waals surface area (Å²) in [5.41, 5.74) is -2.33. The number of rotatable bonds is 13. The van der Waals surface area contributed by atoms with Gasteiger partial charge in [-0.25, -0.2) is 22.9 Å². The van der Waals surface area contributed by atoms with Crippen LogP contribution in [0.2, 0.25) is 4.34 Å². The van der Waals surface area contributed by atoms with Crippen molar-refractivity contribution in [2.75, 3.05) is 13.7 Å². The molecule has 0 bridgehead atoms. The molecular weight excluding hydrogens is 864 g/mol. The Labute approximate surface area is 367 Å². The Morgan fingerprint density at radius 3 is 2.35 bits per heavy atom. The number of hydrogen-bond donors (Lipinski definition) is 3. The van der Waals surface area contributed by atoms with Crippen LogP contribution in [0.15, 0.2) is 77.5 Å². The van der Waals surface area contributed by atoms with Gasteiger partial charge in [-0.2, -0.15) is 0 Å². The van der Waals surface area contributed by atoms with Crippen molar-refractivity contribution >= 4 is 73.4 Å². The highest BCUT2D eigenvalue weighted by Gasteiger charge is 2.61. The highest BCUT2D eigenvalue weighted by molar-refractivity contribution is 7.92. The third-order valence-electron chi connectivity index (χ3n) is 10.4. The summed E-state index contributed by atoms with van der Waals surface area (Å²) >= 11 is 6.29. The largest absolute Gasteiger partial charge is 0.497 e. The van der Waals surface area contributed by atoms with Crippen LogP contribution in [0.4, 0.5) is 10.5 Å². The molecule has 62 heavy (non-hydrogen) atoms. The zero-order chi connectivity index (χ0) is 45.5. The molecule has 1 aliphatic carbocycles. The fourth-order valence-electron chi connectivity index (χ4n) is 7.15. The summed E-state index contributed by atoms with van der Waals surface area (Å²) in [4.78, 5) is 73.0. The second kappa shape index (κ2) is 17.2. The molecule has 0 spiro atoms. The topological polar surface area (TPSA) is 225 Å². The number of ether oxygens (including phenoxy) is 3. The summed E-state index contributed by atoms with van der Waals surface area (Å²) in [6.07, 6.45) is -0.432. The first-order valence-corrected chi connectivity index (χ1v) is 22.1. The smallest absolute Gasteiger partial charge is 0.408 e. The molecule has 2 aliphatic rings. The van der Waals surface area contributed by atoms with Gasteiger partial charge in [-0.3, -0.25) is 24.5 Å². The fraction of sp³-hybridized carbons (Fsp3) is 0.405. The Morgan fingerprint density at radius 2 is 1.77 bits per heavy atom. The average Bonchev–Trinajstić information content (AvgIpc) is 3.49. The molecule has 2 fully saturated rings. The number of hydrogen-bond acceptors (Lipinski definition) is 13. The molecule has 1 saturated heterocycles. The van der Waals surface area contributed by atoms with Crippen LogP contribution in [0, 0.1) is 21.4 Å². The Kier molecular flexibility index (Phi) is 12.7. The van der Waals surface area contributed by atoms with Gasteiger partial charge in [0.2, 0.25) is 11.8 Å². The van der Waals surface area contributed by atoms with Crippen molar-refractivity contribution in [3.05, 3.63) is 87.8 Å². The van der Waals surface area contributed by atoms with Crippen LogP contribution in [-0.4, -0.2) is 90.0 Å². The summed E-state index contributed by atoms with van der Waals surface area (Å²) in [6, 6.07) is 14.7. The number of thiophene rings is 1. The third kappa shape index (κ3) is 9.79. The second-order valence-corrected chi connectivity index (χ2v) is 20.7. The molecule has 0 unspecified atom stereocenters. The lowest BCUT2D eigenvalue weighted by Crippen LogP contribution is -2.60. The minimum atomic E-state index is -4.70. The van der Waals surface area contributed by atoms with E-state index in [0.29, 0.717) is 39.4 Å². The van der Waals surface area contributed by atoms with Crippen molar-refractivity contribution in [2.45, 2.75) is 87.9 Å². The van der Waals surface area contributed by atoms with Crippen molar-refractivity contribution in [3.63, 3.8) is 0 Å². The van der Waals surface area contributed by atoms with E-state index < -0.39 is 93.7 Å². The van der Waals surface area contributed by atoms with E-state index in [-0.39, 0.29) is 19.4 Å². The molecule has 1 aliphatic heterocycles. The number of amides is 4. The second-order valence-electron chi connectivity index (χ2n) is 17.1. The Morgan fingerprint density at radius 1 is 1.08 bits per heavy atom. The molecule has 17 nitrogen and oxygen atoms in total. The number of fused-ring (bicyclic) bond motifs is 1. The molecule has 4 aromatic rings. The SMILES string of the molecule is C=C[C@@H]1C[C@]1(NC(=O)[C@@H]1C[C@@H](Oc2cc(-c3ccccc3)nc3cc(OC)ccc23)CN1C(=O)[C@@H](NC(=O)OC(C)(C)C)C(C)(C)C)C(=O)NS(=O)(=O)c1cc([N+](=O)[O-])c(Cl)s1. The van der Waals surface area contributed by atoms with Crippen LogP contribution in [0.3, 0.4) is 0 Å². The lowest BCUT2D eigenvalue weighted by Gasteiger charge is -2.36. The van der Waals surface area contributed by atoms with Gasteiger partial charge in [-0.15, -0.1) is 17.9 Å². The Bertz CT molecular complexity index is 2560. The summed E-state index contributed by atoms with van der Waals surface area (Å²) in [6.45, 7) is 13.8. The maximum absolute atomic E-state index is 14.7. The zero-order valence-electron chi connectivity index (χ0n) is 35.0. The maximum Gasteiger partial charge on any atom is 0.408 e. The number of aromatic nitrogens is 1. The number of likely N-dealkylation sites (tertiary alicyclic amines) is 1. The number of methoxy groups -OCH3 is 1. The van der Waals surface area contributed by atoms with E-state index in [1.807, 2.05) is 35.1 Å². The molecule has 4 amide bonds. The molecular formula is C42H47ClN6O11S2. The molecule has 3 heterocycles. The highest BCUT2D eigenvalue weighted by Crippen LogP contribution is 2.46. The number of nitrogens with zero attached hydrogens (tertiary/aromatic N) is 3. The summed E-state index contributed by atoms with van der Waals surface area (Å²) in [5.74, 6) is -2.35. The number of benzene rings is 2. The van der Waals surface area contributed by atoms with Crippen LogP contribution in [0.25, 0.3) is 22.2 Å². The molecule has 0 radical (unpaired) electrons. The van der Waals surface area contributed by atoms with Gasteiger partial charge in [0.25, 0.3) is 21.6 Å². The lowest BCUT2D eigenvalue weighted by atomic mass is 9.85. The number of alkyl carbamates (subject to hydrolysis) is 1. The minimum Gasteiger partial charge on any atom is -0.497 e. The van der Waals surface area contributed by atoms with E-state index in [1.54, 1.807) is 65.8 Å². The van der Waals surface area contributed by atoms with Crippen molar-refractivity contribution in [3.8, 4) is 22.8 Å². The predicted octanol–water partition coefficient (Wildman–Crippen LogP) is 6.39. The number of halogens is 1. The van der Waals surface area contributed by atoms with E-state index in [0.717, 1.165) is 11.6 Å². The molecule has 1 saturated carbocycles. The van der Waals surface area contributed by atoms with Gasteiger partial charge in [0.1, 0.15) is 45.0 Å². The molecule has 3 N–H and O–H groups in total. The lowest BCUT2D eigenvalue weighted by molar-refractivity contribution is -0.384. The van der Waals surface area contributed by atoms with Gasteiger partial charge in [-0.05, 0) is 44.7 Å². The predicted molar refractivity (Wildman–Crippen MR) is 231 cm³/mol. The van der Waals surface area contributed by atoms with E-state index in [2.05, 4.69) is 17.2 Å². The van der Waals surface area contributed by atoms with Crippen LogP contribution < -0.4 is 24.8 Å². The number of nitrogens with one attached hydrogen (secondary N) is 3. The van der Waals surface area contributed by atoms with E-state index in [1.165, 1.54) is 18.1 Å². The normalized spacial score (nSPS) is 20.5. The van der Waals surface area contributed by atoms with Crippen molar-refractivity contribution in [1.29, 1.82) is 0 Å². The van der Waals surface area contributed by atoms with E-state index in [9.17, 15) is 37.7 Å². The van der Waals surface area contributed by atoms with Crippen molar-refractivity contribution in [2.24, 2.45) is 11.3 Å². The van der Waals surface area contributed by atoms with Crippen LogP contribution in [-0.2, 0) is 29.1 Å². The summed E-state index contributed by atoms with van der Waals surface area (Å²) in [7, 11) is -3.16. The first-order chi connectivity index (χ1) is 29.0.